The molecule has 1 aromatic rings. The average Bonchev–Trinajstić information content (AvgIpc) is 2.16. The molecule has 0 heterocycles. The maximum Gasteiger partial charge on any atom is 0.178 e. The molecule has 0 aliphatic rings. The lowest BCUT2D eigenvalue weighted by Crippen LogP contribution is -2.05. The predicted molar refractivity (Wildman–Crippen MR) is 58.8 cm³/mol. The van der Waals surface area contributed by atoms with E-state index < -0.39 is 12.1 Å². The number of hydrogen-bond donors (Lipinski definition) is 2. The van der Waals surface area contributed by atoms with Crippen molar-refractivity contribution in [1.82, 2.24) is 0 Å². The van der Waals surface area contributed by atoms with E-state index in [4.69, 9.17) is 14.9 Å². The molecule has 0 aromatic heterocycles. The van der Waals surface area contributed by atoms with Crippen molar-refractivity contribution in [2.45, 2.75) is 33.0 Å². The number of rotatable bonds is 4. The van der Waals surface area contributed by atoms with E-state index in [1.54, 1.807) is 6.92 Å². The van der Waals surface area contributed by atoms with Crippen molar-refractivity contribution in [2.24, 2.45) is 0 Å². The zero-order chi connectivity index (χ0) is 12.3. The molecular weight excluding hydrogens is 211 g/mol. The number of ether oxygens (including phenoxy) is 1. The molecule has 0 amide bonds. The SMILES string of the molecule is CCOc1cc(C(O)O)cc(F)c1C(C)C. The molecule has 1 aromatic carbocycles. The molecule has 0 saturated heterocycles. The number of aliphatic hydroxyl groups is 2. The van der Waals surface area contributed by atoms with Gasteiger partial charge in [-0.2, -0.15) is 0 Å². The van der Waals surface area contributed by atoms with Gasteiger partial charge < -0.3 is 14.9 Å². The minimum atomic E-state index is -1.69. The summed E-state index contributed by atoms with van der Waals surface area (Å²) < 4.78 is 19.1. The number of aliphatic hydroxyl groups excluding tert-OH is 1. The zero-order valence-electron chi connectivity index (χ0n) is 9.70. The van der Waals surface area contributed by atoms with E-state index in [0.29, 0.717) is 17.9 Å². The summed E-state index contributed by atoms with van der Waals surface area (Å²) in [4.78, 5) is 0. The highest BCUT2D eigenvalue weighted by molar-refractivity contribution is 5.41. The topological polar surface area (TPSA) is 49.7 Å². The molecule has 0 aliphatic carbocycles. The number of benzene rings is 1. The second-order valence-electron chi connectivity index (χ2n) is 3.88. The van der Waals surface area contributed by atoms with Gasteiger partial charge in [0, 0.05) is 11.1 Å². The van der Waals surface area contributed by atoms with Crippen molar-refractivity contribution in [3.63, 3.8) is 0 Å². The average molecular weight is 228 g/mol. The van der Waals surface area contributed by atoms with E-state index >= 15 is 0 Å². The lowest BCUT2D eigenvalue weighted by atomic mass is 9.99. The monoisotopic (exact) mass is 228 g/mol. The third-order valence-electron chi connectivity index (χ3n) is 2.29. The molecule has 0 radical (unpaired) electrons. The molecule has 0 aliphatic heterocycles. The Morgan fingerprint density at radius 3 is 2.38 bits per heavy atom. The minimum absolute atomic E-state index is 0.0218. The van der Waals surface area contributed by atoms with Gasteiger partial charge in [0.2, 0.25) is 0 Å². The van der Waals surface area contributed by atoms with Crippen LogP contribution in [0.15, 0.2) is 12.1 Å². The Hall–Kier alpha value is -1.13. The van der Waals surface area contributed by atoms with E-state index in [2.05, 4.69) is 0 Å². The van der Waals surface area contributed by atoms with Crippen LogP contribution in [0.3, 0.4) is 0 Å². The fourth-order valence-corrected chi connectivity index (χ4v) is 1.60. The fraction of sp³-hybridized carbons (Fsp3) is 0.500. The normalized spacial score (nSPS) is 11.2. The molecular formula is C12H17FO3. The van der Waals surface area contributed by atoms with Gasteiger partial charge in [0.15, 0.2) is 6.29 Å². The molecule has 0 atom stereocenters. The van der Waals surface area contributed by atoms with Crippen LogP contribution in [0.25, 0.3) is 0 Å². The van der Waals surface area contributed by atoms with Gasteiger partial charge in [-0.05, 0) is 25.0 Å². The van der Waals surface area contributed by atoms with Crippen molar-refractivity contribution in [3.8, 4) is 5.75 Å². The Balaban J connectivity index is 3.27. The Labute approximate surface area is 94.5 Å². The van der Waals surface area contributed by atoms with Crippen LogP contribution in [0.4, 0.5) is 4.39 Å². The van der Waals surface area contributed by atoms with Crippen LogP contribution in [-0.2, 0) is 0 Å². The van der Waals surface area contributed by atoms with Crippen molar-refractivity contribution in [3.05, 3.63) is 29.1 Å². The third-order valence-corrected chi connectivity index (χ3v) is 2.29. The van der Waals surface area contributed by atoms with Gasteiger partial charge in [0.1, 0.15) is 11.6 Å². The molecule has 1 rings (SSSR count). The van der Waals surface area contributed by atoms with Crippen LogP contribution in [0.1, 0.15) is 44.1 Å². The summed E-state index contributed by atoms with van der Waals surface area (Å²) >= 11 is 0. The first-order chi connectivity index (χ1) is 7.47. The van der Waals surface area contributed by atoms with E-state index in [9.17, 15) is 4.39 Å². The Morgan fingerprint density at radius 1 is 1.31 bits per heavy atom. The first-order valence-corrected chi connectivity index (χ1v) is 5.29. The van der Waals surface area contributed by atoms with Gasteiger partial charge in [-0.3, -0.25) is 0 Å². The molecule has 0 bridgehead atoms. The quantitative estimate of drug-likeness (QED) is 0.777. The molecule has 3 nitrogen and oxygen atoms in total. The van der Waals surface area contributed by atoms with Gasteiger partial charge >= 0.3 is 0 Å². The lowest BCUT2D eigenvalue weighted by Gasteiger charge is -2.16. The summed E-state index contributed by atoms with van der Waals surface area (Å²) in [5.41, 5.74) is 0.566. The van der Waals surface area contributed by atoms with E-state index in [1.165, 1.54) is 6.07 Å². The van der Waals surface area contributed by atoms with Crippen LogP contribution in [0.2, 0.25) is 0 Å². The lowest BCUT2D eigenvalue weighted by molar-refractivity contribution is -0.0428. The largest absolute Gasteiger partial charge is 0.493 e. The first kappa shape index (κ1) is 12.9. The summed E-state index contributed by atoms with van der Waals surface area (Å²) in [5.74, 6) is -0.115. The molecule has 90 valence electrons. The summed E-state index contributed by atoms with van der Waals surface area (Å²) in [7, 11) is 0. The highest BCUT2D eigenvalue weighted by atomic mass is 19.1. The van der Waals surface area contributed by atoms with Crippen molar-refractivity contribution >= 4 is 0 Å². The summed E-state index contributed by atoms with van der Waals surface area (Å²) in [6.07, 6.45) is -1.69. The van der Waals surface area contributed by atoms with E-state index in [0.717, 1.165) is 6.07 Å². The standard InChI is InChI=1S/C12H17FO3/c1-4-16-10-6-8(12(14)15)5-9(13)11(10)7(2)3/h5-7,12,14-15H,4H2,1-3H3. The maximum atomic E-state index is 13.7. The molecule has 0 fully saturated rings. The molecule has 0 saturated carbocycles. The summed E-state index contributed by atoms with van der Waals surface area (Å²) in [5, 5.41) is 18.0. The zero-order valence-corrected chi connectivity index (χ0v) is 9.70. The third kappa shape index (κ3) is 2.71. The molecule has 2 N–H and O–H groups in total. The summed E-state index contributed by atoms with van der Waals surface area (Å²) in [6, 6.07) is 2.59. The maximum absolute atomic E-state index is 13.7. The van der Waals surface area contributed by atoms with Crippen LogP contribution in [0.5, 0.6) is 5.75 Å². The Bertz CT molecular complexity index is 362. The second kappa shape index (κ2) is 5.27. The Morgan fingerprint density at radius 2 is 1.94 bits per heavy atom. The first-order valence-electron chi connectivity index (χ1n) is 5.29. The van der Waals surface area contributed by atoms with Crippen LogP contribution >= 0.6 is 0 Å². The highest BCUT2D eigenvalue weighted by Crippen LogP contribution is 2.32. The van der Waals surface area contributed by atoms with Gasteiger partial charge in [-0.25, -0.2) is 4.39 Å². The van der Waals surface area contributed by atoms with Crippen molar-refractivity contribution in [2.75, 3.05) is 6.61 Å². The summed E-state index contributed by atoms with van der Waals surface area (Å²) in [6.45, 7) is 5.92. The molecule has 0 unspecified atom stereocenters. The van der Waals surface area contributed by atoms with Crippen LogP contribution < -0.4 is 4.74 Å². The van der Waals surface area contributed by atoms with E-state index in [-0.39, 0.29) is 11.5 Å². The van der Waals surface area contributed by atoms with Gasteiger partial charge in [0.25, 0.3) is 0 Å². The van der Waals surface area contributed by atoms with E-state index in [1.807, 2.05) is 13.8 Å². The molecule has 16 heavy (non-hydrogen) atoms. The minimum Gasteiger partial charge on any atom is -0.493 e. The highest BCUT2D eigenvalue weighted by Gasteiger charge is 2.17. The molecule has 4 heteroatoms. The van der Waals surface area contributed by atoms with Crippen LogP contribution in [0, 0.1) is 5.82 Å². The van der Waals surface area contributed by atoms with Gasteiger partial charge in [0.05, 0.1) is 6.61 Å². The second-order valence-corrected chi connectivity index (χ2v) is 3.88. The fourth-order valence-electron chi connectivity index (χ4n) is 1.60. The van der Waals surface area contributed by atoms with Gasteiger partial charge in [-0.1, -0.05) is 13.8 Å². The predicted octanol–water partition coefficient (Wildman–Crippen LogP) is 2.33. The van der Waals surface area contributed by atoms with Crippen LogP contribution in [-0.4, -0.2) is 16.8 Å². The number of hydrogen-bond acceptors (Lipinski definition) is 3. The number of halogens is 1. The molecule has 0 spiro atoms. The van der Waals surface area contributed by atoms with Crippen molar-refractivity contribution < 1.29 is 19.3 Å². The van der Waals surface area contributed by atoms with Crippen molar-refractivity contribution in [1.29, 1.82) is 0 Å². The smallest absolute Gasteiger partial charge is 0.178 e. The van der Waals surface area contributed by atoms with Gasteiger partial charge in [-0.15, -0.1) is 0 Å². The Kier molecular flexibility index (Phi) is 4.26.